The van der Waals surface area contributed by atoms with Crippen LogP contribution in [0, 0.1) is 0 Å². The zero-order chi connectivity index (χ0) is 11.8. The molecule has 1 fully saturated rings. The van der Waals surface area contributed by atoms with Crippen LogP contribution in [0.1, 0.15) is 13.3 Å². The van der Waals surface area contributed by atoms with Crippen molar-refractivity contribution in [3.8, 4) is 5.75 Å². The molecule has 2 rings (SSSR count). The molecule has 0 bridgehead atoms. The Kier molecular flexibility index (Phi) is 2.68. The summed E-state index contributed by atoms with van der Waals surface area (Å²) < 4.78 is 5.18. The first-order chi connectivity index (χ1) is 7.52. The number of anilines is 2. The number of hydrogen-bond acceptors (Lipinski definition) is 4. The van der Waals surface area contributed by atoms with E-state index in [1.54, 1.807) is 7.11 Å². The van der Waals surface area contributed by atoms with Gasteiger partial charge in [0.05, 0.1) is 18.4 Å². The molecule has 16 heavy (non-hydrogen) atoms. The lowest BCUT2D eigenvalue weighted by atomic mass is 10.1. The van der Waals surface area contributed by atoms with Gasteiger partial charge in [0.2, 0.25) is 0 Å². The van der Waals surface area contributed by atoms with Gasteiger partial charge in [0.15, 0.2) is 0 Å². The topological polar surface area (TPSA) is 58.7 Å². The van der Waals surface area contributed by atoms with Crippen LogP contribution in [-0.2, 0) is 0 Å². The van der Waals surface area contributed by atoms with Crippen molar-refractivity contribution in [2.24, 2.45) is 0 Å². The molecule has 1 heterocycles. The first kappa shape index (κ1) is 11.1. The molecule has 1 aromatic rings. The van der Waals surface area contributed by atoms with Crippen LogP contribution < -0.4 is 15.4 Å². The van der Waals surface area contributed by atoms with Crippen LogP contribution in [0.5, 0.6) is 5.75 Å². The lowest BCUT2D eigenvalue weighted by molar-refractivity contribution is 0.0839. The molecule has 1 aliphatic heterocycles. The minimum Gasteiger partial charge on any atom is -0.495 e. The Hall–Kier alpha value is -1.42. The predicted molar refractivity (Wildman–Crippen MR) is 64.9 cm³/mol. The van der Waals surface area contributed by atoms with E-state index >= 15 is 0 Å². The van der Waals surface area contributed by atoms with Gasteiger partial charge < -0.3 is 20.5 Å². The number of rotatable bonds is 2. The molecule has 0 spiro atoms. The van der Waals surface area contributed by atoms with Crippen LogP contribution in [0.15, 0.2) is 18.2 Å². The van der Waals surface area contributed by atoms with Crippen LogP contribution >= 0.6 is 0 Å². The Morgan fingerprint density at radius 3 is 2.81 bits per heavy atom. The summed E-state index contributed by atoms with van der Waals surface area (Å²) in [6, 6.07) is 5.71. The standard InChI is InChI=1S/C12H18N2O2/c1-12(15)5-6-14(8-12)9-3-4-10(13)11(7-9)16-2/h3-4,7,15H,5-6,8,13H2,1-2H3. The lowest BCUT2D eigenvalue weighted by Crippen LogP contribution is -2.29. The summed E-state index contributed by atoms with van der Waals surface area (Å²) in [5.41, 5.74) is 6.85. The largest absolute Gasteiger partial charge is 0.495 e. The van der Waals surface area contributed by atoms with Crippen LogP contribution in [0.25, 0.3) is 0 Å². The molecule has 4 heteroatoms. The molecule has 1 unspecified atom stereocenters. The van der Waals surface area contributed by atoms with Crippen molar-refractivity contribution in [2.75, 3.05) is 30.8 Å². The maximum atomic E-state index is 9.91. The fraction of sp³-hybridized carbons (Fsp3) is 0.500. The molecule has 0 amide bonds. The second-order valence-electron chi connectivity index (χ2n) is 4.59. The highest BCUT2D eigenvalue weighted by Gasteiger charge is 2.31. The summed E-state index contributed by atoms with van der Waals surface area (Å²) in [7, 11) is 1.61. The molecule has 0 aromatic heterocycles. The molecule has 1 aliphatic rings. The molecule has 88 valence electrons. The summed E-state index contributed by atoms with van der Waals surface area (Å²) in [6.07, 6.45) is 0.791. The van der Waals surface area contributed by atoms with Crippen molar-refractivity contribution >= 4 is 11.4 Å². The number of aliphatic hydroxyl groups is 1. The van der Waals surface area contributed by atoms with Gasteiger partial charge in [-0.1, -0.05) is 0 Å². The van der Waals surface area contributed by atoms with E-state index in [9.17, 15) is 5.11 Å². The van der Waals surface area contributed by atoms with E-state index in [1.165, 1.54) is 0 Å². The molecule has 3 N–H and O–H groups in total. The van der Waals surface area contributed by atoms with Gasteiger partial charge in [-0.2, -0.15) is 0 Å². The van der Waals surface area contributed by atoms with Crippen LogP contribution in [-0.4, -0.2) is 30.9 Å². The highest BCUT2D eigenvalue weighted by Crippen LogP contribution is 2.31. The van der Waals surface area contributed by atoms with E-state index in [1.807, 2.05) is 25.1 Å². The van der Waals surface area contributed by atoms with Crippen LogP contribution in [0.2, 0.25) is 0 Å². The number of β-amino-alcohol motifs (C(OH)–C–C–N with tert-alkyl or cyclic N) is 1. The van der Waals surface area contributed by atoms with Gasteiger partial charge in [-0.3, -0.25) is 0 Å². The minimum absolute atomic E-state index is 0.589. The summed E-state index contributed by atoms with van der Waals surface area (Å²) in [6.45, 7) is 3.38. The van der Waals surface area contributed by atoms with Crippen molar-refractivity contribution in [2.45, 2.75) is 18.9 Å². The van der Waals surface area contributed by atoms with Crippen molar-refractivity contribution < 1.29 is 9.84 Å². The van der Waals surface area contributed by atoms with Gasteiger partial charge in [-0.15, -0.1) is 0 Å². The smallest absolute Gasteiger partial charge is 0.143 e. The summed E-state index contributed by atoms with van der Waals surface area (Å²) in [5, 5.41) is 9.91. The fourth-order valence-electron chi connectivity index (χ4n) is 2.06. The van der Waals surface area contributed by atoms with E-state index in [-0.39, 0.29) is 0 Å². The molecular formula is C12H18N2O2. The number of hydrogen-bond donors (Lipinski definition) is 2. The fourth-order valence-corrected chi connectivity index (χ4v) is 2.06. The Labute approximate surface area is 95.6 Å². The van der Waals surface area contributed by atoms with Crippen LogP contribution in [0.3, 0.4) is 0 Å². The minimum atomic E-state index is -0.589. The maximum absolute atomic E-state index is 9.91. The van der Waals surface area contributed by atoms with E-state index in [0.29, 0.717) is 18.0 Å². The Morgan fingerprint density at radius 2 is 2.25 bits per heavy atom. The third-order valence-corrected chi connectivity index (χ3v) is 3.03. The predicted octanol–water partition coefficient (Wildman–Crippen LogP) is 1.24. The van der Waals surface area contributed by atoms with Gasteiger partial charge in [0, 0.05) is 24.8 Å². The summed E-state index contributed by atoms with van der Waals surface area (Å²) in [4.78, 5) is 2.14. The van der Waals surface area contributed by atoms with Crippen molar-refractivity contribution in [3.63, 3.8) is 0 Å². The number of nitrogens with zero attached hydrogens (tertiary/aromatic N) is 1. The third kappa shape index (κ3) is 2.07. The number of ether oxygens (including phenoxy) is 1. The zero-order valence-electron chi connectivity index (χ0n) is 9.73. The molecule has 1 atom stereocenters. The number of nitrogens with two attached hydrogens (primary N) is 1. The van der Waals surface area contributed by atoms with Crippen molar-refractivity contribution in [1.29, 1.82) is 0 Å². The zero-order valence-corrected chi connectivity index (χ0v) is 9.73. The Balaban J connectivity index is 2.22. The van der Waals surface area contributed by atoms with Gasteiger partial charge in [-0.25, -0.2) is 0 Å². The summed E-state index contributed by atoms with van der Waals surface area (Å²) >= 11 is 0. The van der Waals surface area contributed by atoms with Crippen molar-refractivity contribution in [1.82, 2.24) is 0 Å². The number of nitrogen functional groups attached to an aromatic ring is 1. The molecular weight excluding hydrogens is 204 g/mol. The quantitative estimate of drug-likeness (QED) is 0.739. The number of benzene rings is 1. The van der Waals surface area contributed by atoms with E-state index in [4.69, 9.17) is 10.5 Å². The van der Waals surface area contributed by atoms with Crippen molar-refractivity contribution in [3.05, 3.63) is 18.2 Å². The molecule has 0 radical (unpaired) electrons. The summed E-state index contributed by atoms with van der Waals surface area (Å²) in [5.74, 6) is 0.684. The third-order valence-electron chi connectivity index (χ3n) is 3.03. The average molecular weight is 222 g/mol. The SMILES string of the molecule is COc1cc(N2CCC(C)(O)C2)ccc1N. The van der Waals surface area contributed by atoms with E-state index in [2.05, 4.69) is 4.90 Å². The number of methoxy groups -OCH3 is 1. The first-order valence-corrected chi connectivity index (χ1v) is 5.43. The monoisotopic (exact) mass is 222 g/mol. The normalized spacial score (nSPS) is 24.8. The molecule has 0 aliphatic carbocycles. The second-order valence-corrected chi connectivity index (χ2v) is 4.59. The highest BCUT2D eigenvalue weighted by atomic mass is 16.5. The van der Waals surface area contributed by atoms with Crippen LogP contribution in [0.4, 0.5) is 11.4 Å². The van der Waals surface area contributed by atoms with Gasteiger partial charge in [0.1, 0.15) is 5.75 Å². The molecule has 0 saturated carbocycles. The Bertz CT molecular complexity index is 391. The molecule has 4 nitrogen and oxygen atoms in total. The van der Waals surface area contributed by atoms with E-state index < -0.39 is 5.60 Å². The lowest BCUT2D eigenvalue weighted by Gasteiger charge is -2.21. The maximum Gasteiger partial charge on any atom is 0.143 e. The van der Waals surface area contributed by atoms with E-state index in [0.717, 1.165) is 18.7 Å². The second kappa shape index (κ2) is 3.87. The van der Waals surface area contributed by atoms with Gasteiger partial charge in [0.25, 0.3) is 0 Å². The average Bonchev–Trinajstić information content (AvgIpc) is 2.59. The Morgan fingerprint density at radius 1 is 1.50 bits per heavy atom. The highest BCUT2D eigenvalue weighted by molar-refractivity contribution is 5.62. The van der Waals surface area contributed by atoms with Gasteiger partial charge in [-0.05, 0) is 25.5 Å². The van der Waals surface area contributed by atoms with Gasteiger partial charge >= 0.3 is 0 Å². The molecule has 1 saturated heterocycles. The first-order valence-electron chi connectivity index (χ1n) is 5.43. The molecule has 1 aromatic carbocycles.